The quantitative estimate of drug-likeness (QED) is 0.770. The second-order valence-electron chi connectivity index (χ2n) is 6.44. The fourth-order valence-corrected chi connectivity index (χ4v) is 2.49. The van der Waals surface area contributed by atoms with Crippen LogP contribution >= 0.6 is 0 Å². The molecule has 1 aliphatic heterocycles. The van der Waals surface area contributed by atoms with Crippen LogP contribution < -0.4 is 5.32 Å². The van der Waals surface area contributed by atoms with Gasteiger partial charge in [0, 0.05) is 24.9 Å². The van der Waals surface area contributed by atoms with Crippen molar-refractivity contribution < 1.29 is 14.6 Å². The highest BCUT2D eigenvalue weighted by Crippen LogP contribution is 2.40. The molecule has 1 aliphatic carbocycles. The van der Waals surface area contributed by atoms with Crippen molar-refractivity contribution in [3.8, 4) is 0 Å². The van der Waals surface area contributed by atoms with E-state index in [0.717, 1.165) is 25.7 Å². The lowest BCUT2D eigenvalue weighted by Crippen LogP contribution is -2.52. The van der Waals surface area contributed by atoms with Crippen LogP contribution in [-0.4, -0.2) is 41.8 Å². The van der Waals surface area contributed by atoms with Gasteiger partial charge in [-0.3, -0.25) is 0 Å². The van der Waals surface area contributed by atoms with Crippen molar-refractivity contribution in [1.29, 1.82) is 0 Å². The maximum atomic E-state index is 10.5. The van der Waals surface area contributed by atoms with Gasteiger partial charge >= 0.3 is 0 Å². The van der Waals surface area contributed by atoms with Crippen LogP contribution in [0.2, 0.25) is 0 Å². The van der Waals surface area contributed by atoms with Crippen LogP contribution in [0.5, 0.6) is 0 Å². The van der Waals surface area contributed by atoms with E-state index < -0.39 is 5.60 Å². The van der Waals surface area contributed by atoms with Gasteiger partial charge in [-0.25, -0.2) is 0 Å². The molecule has 0 unspecified atom stereocenters. The minimum absolute atomic E-state index is 0.0468. The Morgan fingerprint density at radius 3 is 2.06 bits per heavy atom. The number of rotatable bonds is 2. The van der Waals surface area contributed by atoms with E-state index >= 15 is 0 Å². The van der Waals surface area contributed by atoms with Gasteiger partial charge in [0.1, 0.15) is 0 Å². The molecule has 1 saturated carbocycles. The third kappa shape index (κ3) is 3.41. The largest absolute Gasteiger partial charge is 0.389 e. The molecule has 100 valence electrons. The predicted molar refractivity (Wildman–Crippen MR) is 65.8 cm³/mol. The van der Waals surface area contributed by atoms with E-state index in [-0.39, 0.29) is 11.3 Å². The molecular weight excluding hydrogens is 218 g/mol. The number of ether oxygens (including phenoxy) is 2. The summed E-state index contributed by atoms with van der Waals surface area (Å²) >= 11 is 0. The molecule has 4 heteroatoms. The Balaban J connectivity index is 1.84. The molecule has 0 amide bonds. The van der Waals surface area contributed by atoms with Crippen LogP contribution in [0.3, 0.4) is 0 Å². The molecule has 17 heavy (non-hydrogen) atoms. The summed E-state index contributed by atoms with van der Waals surface area (Å²) in [5.41, 5.74) is -0.556. The predicted octanol–water partition coefficient (Wildman–Crippen LogP) is 1.42. The van der Waals surface area contributed by atoms with Gasteiger partial charge in [0.2, 0.25) is 0 Å². The number of aliphatic hydroxyl groups is 1. The first-order valence-corrected chi connectivity index (χ1v) is 6.58. The van der Waals surface area contributed by atoms with Crippen molar-refractivity contribution in [2.24, 2.45) is 0 Å². The Hall–Kier alpha value is -0.160. The molecule has 2 fully saturated rings. The number of hydrogen-bond acceptors (Lipinski definition) is 4. The van der Waals surface area contributed by atoms with E-state index in [1.807, 2.05) is 0 Å². The van der Waals surface area contributed by atoms with Crippen LogP contribution in [0.25, 0.3) is 0 Å². The summed E-state index contributed by atoms with van der Waals surface area (Å²) in [4.78, 5) is 0. The highest BCUT2D eigenvalue weighted by atomic mass is 16.7. The monoisotopic (exact) mass is 243 g/mol. The van der Waals surface area contributed by atoms with Crippen LogP contribution in [0.1, 0.15) is 46.5 Å². The summed E-state index contributed by atoms with van der Waals surface area (Å²) in [7, 11) is 0. The smallest absolute Gasteiger partial charge is 0.168 e. The normalized spacial score (nSPS) is 27.5. The van der Waals surface area contributed by atoms with Crippen molar-refractivity contribution in [2.75, 3.05) is 19.8 Å². The van der Waals surface area contributed by atoms with Crippen LogP contribution in [-0.2, 0) is 9.47 Å². The molecule has 2 aliphatic rings. The highest BCUT2D eigenvalue weighted by molar-refractivity contribution is 4.93. The minimum Gasteiger partial charge on any atom is -0.389 e. The first-order chi connectivity index (χ1) is 7.83. The number of hydrogen-bond donors (Lipinski definition) is 2. The average molecular weight is 243 g/mol. The van der Waals surface area contributed by atoms with E-state index in [9.17, 15) is 5.11 Å². The molecule has 0 aromatic heterocycles. The van der Waals surface area contributed by atoms with Crippen LogP contribution in [0, 0.1) is 0 Å². The van der Waals surface area contributed by atoms with E-state index in [4.69, 9.17) is 9.47 Å². The summed E-state index contributed by atoms with van der Waals surface area (Å²) in [6, 6.07) is 0. The van der Waals surface area contributed by atoms with Gasteiger partial charge < -0.3 is 19.9 Å². The van der Waals surface area contributed by atoms with Gasteiger partial charge in [0.05, 0.1) is 18.8 Å². The highest BCUT2D eigenvalue weighted by Gasteiger charge is 2.45. The summed E-state index contributed by atoms with van der Waals surface area (Å²) < 4.78 is 11.3. The van der Waals surface area contributed by atoms with Gasteiger partial charge in [-0.1, -0.05) is 0 Å². The standard InChI is InChI=1S/C13H25NO3/c1-11(2,3)14-10-12(15)4-6-13(7-5-12)16-8-9-17-13/h14-15H,4-10H2,1-3H3. The molecular formula is C13H25NO3. The lowest BCUT2D eigenvalue weighted by Gasteiger charge is -2.41. The maximum absolute atomic E-state index is 10.5. The van der Waals surface area contributed by atoms with Gasteiger partial charge in [0.25, 0.3) is 0 Å². The molecule has 4 nitrogen and oxygen atoms in total. The molecule has 1 spiro atoms. The zero-order valence-electron chi connectivity index (χ0n) is 11.2. The zero-order chi connectivity index (χ0) is 12.6. The van der Waals surface area contributed by atoms with Crippen LogP contribution in [0.15, 0.2) is 0 Å². The van der Waals surface area contributed by atoms with E-state index in [2.05, 4.69) is 26.1 Å². The van der Waals surface area contributed by atoms with Crippen molar-refractivity contribution >= 4 is 0 Å². The summed E-state index contributed by atoms with van der Waals surface area (Å²) in [5.74, 6) is -0.381. The first kappa shape index (κ1) is 13.3. The zero-order valence-corrected chi connectivity index (χ0v) is 11.2. The first-order valence-electron chi connectivity index (χ1n) is 6.58. The maximum Gasteiger partial charge on any atom is 0.168 e. The Kier molecular flexibility index (Phi) is 3.51. The summed E-state index contributed by atoms with van der Waals surface area (Å²) in [6.07, 6.45) is 3.09. The van der Waals surface area contributed by atoms with E-state index in [1.54, 1.807) is 0 Å². The van der Waals surface area contributed by atoms with Gasteiger partial charge in [-0.2, -0.15) is 0 Å². The van der Waals surface area contributed by atoms with Crippen molar-refractivity contribution in [3.05, 3.63) is 0 Å². The molecule has 2 N–H and O–H groups in total. The third-order valence-corrected chi connectivity index (χ3v) is 3.70. The second kappa shape index (κ2) is 4.50. The topological polar surface area (TPSA) is 50.7 Å². The SMILES string of the molecule is CC(C)(C)NCC1(O)CCC2(CC1)OCCO2. The molecule has 0 radical (unpaired) electrons. The van der Waals surface area contributed by atoms with E-state index in [1.165, 1.54) is 0 Å². The minimum atomic E-state index is -0.603. The molecule has 0 aromatic carbocycles. The number of nitrogens with one attached hydrogen (secondary N) is 1. The molecule has 0 bridgehead atoms. The van der Waals surface area contributed by atoms with E-state index in [0.29, 0.717) is 19.8 Å². The Labute approximate surface area is 104 Å². The lowest BCUT2D eigenvalue weighted by molar-refractivity contribution is -0.202. The van der Waals surface area contributed by atoms with Crippen molar-refractivity contribution in [3.63, 3.8) is 0 Å². The lowest BCUT2D eigenvalue weighted by atomic mass is 9.81. The Morgan fingerprint density at radius 2 is 1.59 bits per heavy atom. The Bertz CT molecular complexity index is 256. The van der Waals surface area contributed by atoms with Gasteiger partial charge in [-0.05, 0) is 33.6 Å². The molecule has 1 heterocycles. The number of β-amino-alcohol motifs (C(OH)–C–C–N with tert-alkyl or cyclic N) is 1. The fourth-order valence-electron chi connectivity index (χ4n) is 2.49. The third-order valence-electron chi connectivity index (χ3n) is 3.70. The molecule has 1 saturated heterocycles. The van der Waals surface area contributed by atoms with Crippen molar-refractivity contribution in [1.82, 2.24) is 5.32 Å². The average Bonchev–Trinajstić information content (AvgIpc) is 2.69. The Morgan fingerprint density at radius 1 is 1.06 bits per heavy atom. The summed E-state index contributed by atoms with van der Waals surface area (Å²) in [6.45, 7) is 8.38. The molecule has 0 atom stereocenters. The van der Waals surface area contributed by atoms with Crippen LogP contribution in [0.4, 0.5) is 0 Å². The van der Waals surface area contributed by atoms with Gasteiger partial charge in [-0.15, -0.1) is 0 Å². The molecule has 2 rings (SSSR count). The van der Waals surface area contributed by atoms with Crippen molar-refractivity contribution in [2.45, 2.75) is 63.4 Å². The van der Waals surface area contributed by atoms with Gasteiger partial charge in [0.15, 0.2) is 5.79 Å². The fraction of sp³-hybridized carbons (Fsp3) is 1.00. The molecule has 0 aromatic rings. The summed E-state index contributed by atoms with van der Waals surface area (Å²) in [5, 5.41) is 13.9. The second-order valence-corrected chi connectivity index (χ2v) is 6.44.